The van der Waals surface area contributed by atoms with E-state index in [4.69, 9.17) is 5.73 Å². The fraction of sp³-hybridized carbons (Fsp3) is 0.182. The number of nitrogens with zero attached hydrogens (tertiary/aromatic N) is 2. The van der Waals surface area contributed by atoms with Gasteiger partial charge in [-0.25, -0.2) is 4.39 Å². The van der Waals surface area contributed by atoms with E-state index in [1.54, 1.807) is 29.2 Å². The highest BCUT2D eigenvalue weighted by molar-refractivity contribution is 5.31. The molecule has 2 rings (SSSR count). The first-order valence-electron chi connectivity index (χ1n) is 4.72. The van der Waals surface area contributed by atoms with E-state index in [2.05, 4.69) is 5.10 Å². The van der Waals surface area contributed by atoms with Crippen LogP contribution in [0.2, 0.25) is 0 Å². The van der Waals surface area contributed by atoms with Gasteiger partial charge in [-0.3, -0.25) is 4.68 Å². The zero-order chi connectivity index (χ0) is 10.8. The second-order valence-corrected chi connectivity index (χ2v) is 3.48. The molecule has 78 valence electrons. The van der Waals surface area contributed by atoms with Gasteiger partial charge in [-0.2, -0.15) is 5.10 Å². The van der Waals surface area contributed by atoms with Gasteiger partial charge in [0, 0.05) is 6.20 Å². The van der Waals surface area contributed by atoms with Crippen molar-refractivity contribution >= 4 is 5.69 Å². The summed E-state index contributed by atoms with van der Waals surface area (Å²) < 4.78 is 14.5. The van der Waals surface area contributed by atoms with E-state index in [0.717, 1.165) is 5.56 Å². The lowest BCUT2D eigenvalue weighted by Gasteiger charge is -2.12. The van der Waals surface area contributed by atoms with Crippen LogP contribution in [0, 0.1) is 5.82 Å². The fourth-order valence-corrected chi connectivity index (χ4v) is 1.46. The molecule has 1 heterocycles. The molecule has 3 nitrogen and oxygen atoms in total. The molecule has 0 spiro atoms. The number of nitrogens with two attached hydrogens (primary N) is 1. The monoisotopic (exact) mass is 205 g/mol. The van der Waals surface area contributed by atoms with Crippen LogP contribution in [0.3, 0.4) is 0 Å². The van der Waals surface area contributed by atoms with Crippen molar-refractivity contribution in [1.29, 1.82) is 0 Å². The Balaban J connectivity index is 2.28. The summed E-state index contributed by atoms with van der Waals surface area (Å²) >= 11 is 0. The van der Waals surface area contributed by atoms with Gasteiger partial charge in [0.2, 0.25) is 0 Å². The Bertz CT molecular complexity index is 447. The van der Waals surface area contributed by atoms with Gasteiger partial charge < -0.3 is 5.73 Å². The molecular weight excluding hydrogens is 193 g/mol. The minimum absolute atomic E-state index is 0.0582. The first kappa shape index (κ1) is 9.71. The number of aromatic nitrogens is 2. The molecule has 1 aromatic carbocycles. The molecule has 0 aliphatic heterocycles. The zero-order valence-corrected chi connectivity index (χ0v) is 8.39. The van der Waals surface area contributed by atoms with Gasteiger partial charge in [0.05, 0.1) is 17.9 Å². The van der Waals surface area contributed by atoms with E-state index in [1.807, 2.05) is 6.92 Å². The number of hydrogen-bond donors (Lipinski definition) is 1. The molecule has 1 atom stereocenters. The average Bonchev–Trinajstić information content (AvgIpc) is 2.65. The third kappa shape index (κ3) is 1.98. The largest absolute Gasteiger partial charge is 0.396 e. The van der Waals surface area contributed by atoms with E-state index in [0.29, 0.717) is 5.69 Å². The van der Waals surface area contributed by atoms with Crippen molar-refractivity contribution in [3.63, 3.8) is 0 Å². The Morgan fingerprint density at radius 3 is 2.53 bits per heavy atom. The van der Waals surface area contributed by atoms with Crippen LogP contribution in [-0.2, 0) is 0 Å². The molecule has 2 N–H and O–H groups in total. The van der Waals surface area contributed by atoms with E-state index in [1.165, 1.54) is 12.1 Å². The summed E-state index contributed by atoms with van der Waals surface area (Å²) in [5.74, 6) is -0.231. The van der Waals surface area contributed by atoms with Crippen LogP contribution in [0.5, 0.6) is 0 Å². The zero-order valence-electron chi connectivity index (χ0n) is 8.39. The molecule has 0 amide bonds. The summed E-state index contributed by atoms with van der Waals surface area (Å²) in [5.41, 5.74) is 7.20. The highest BCUT2D eigenvalue weighted by atomic mass is 19.1. The highest BCUT2D eigenvalue weighted by Gasteiger charge is 2.08. The number of hydrogen-bond acceptors (Lipinski definition) is 2. The van der Waals surface area contributed by atoms with Crippen molar-refractivity contribution in [3.05, 3.63) is 48.0 Å². The summed E-state index contributed by atoms with van der Waals surface area (Å²) in [4.78, 5) is 0. The lowest BCUT2D eigenvalue weighted by molar-refractivity contribution is 0.561. The van der Waals surface area contributed by atoms with Crippen molar-refractivity contribution in [2.75, 3.05) is 5.73 Å². The van der Waals surface area contributed by atoms with Crippen LogP contribution < -0.4 is 5.73 Å². The summed E-state index contributed by atoms with van der Waals surface area (Å²) in [6, 6.07) is 6.44. The molecule has 15 heavy (non-hydrogen) atoms. The summed E-state index contributed by atoms with van der Waals surface area (Å²) in [7, 11) is 0. The third-order valence-electron chi connectivity index (χ3n) is 2.37. The molecular formula is C11H12FN3. The molecule has 2 aromatic rings. The maximum atomic E-state index is 12.7. The molecule has 0 aliphatic rings. The number of nitrogen functional groups attached to an aromatic ring is 1. The summed E-state index contributed by atoms with van der Waals surface area (Å²) in [5, 5.41) is 4.11. The second-order valence-electron chi connectivity index (χ2n) is 3.48. The molecule has 0 saturated heterocycles. The maximum Gasteiger partial charge on any atom is 0.123 e. The van der Waals surface area contributed by atoms with Gasteiger partial charge in [-0.15, -0.1) is 0 Å². The van der Waals surface area contributed by atoms with E-state index >= 15 is 0 Å². The van der Waals surface area contributed by atoms with Gasteiger partial charge in [0.25, 0.3) is 0 Å². The SMILES string of the molecule is CC(c1ccc(F)cc1)n1cc(N)cn1. The van der Waals surface area contributed by atoms with E-state index in [9.17, 15) is 4.39 Å². The lowest BCUT2D eigenvalue weighted by Crippen LogP contribution is -2.06. The first-order valence-corrected chi connectivity index (χ1v) is 4.72. The topological polar surface area (TPSA) is 43.8 Å². The standard InChI is InChI=1S/C11H12FN3/c1-8(15-7-11(13)6-14-15)9-2-4-10(12)5-3-9/h2-8H,13H2,1H3. The predicted octanol–water partition coefficient (Wildman–Crippen LogP) is 2.21. The molecule has 0 aliphatic carbocycles. The highest BCUT2D eigenvalue weighted by Crippen LogP contribution is 2.18. The minimum Gasteiger partial charge on any atom is -0.396 e. The Labute approximate surface area is 87.3 Å². The van der Waals surface area contributed by atoms with E-state index < -0.39 is 0 Å². The number of anilines is 1. The smallest absolute Gasteiger partial charge is 0.123 e. The Hall–Kier alpha value is -1.84. The average molecular weight is 205 g/mol. The van der Waals surface area contributed by atoms with Gasteiger partial charge in [0.1, 0.15) is 5.82 Å². The van der Waals surface area contributed by atoms with Gasteiger partial charge in [0.15, 0.2) is 0 Å². The van der Waals surface area contributed by atoms with Gasteiger partial charge >= 0.3 is 0 Å². The second kappa shape index (κ2) is 3.73. The van der Waals surface area contributed by atoms with Crippen LogP contribution in [0.15, 0.2) is 36.7 Å². The molecule has 0 radical (unpaired) electrons. The van der Waals surface area contributed by atoms with Gasteiger partial charge in [-0.05, 0) is 24.6 Å². The van der Waals surface area contributed by atoms with Crippen LogP contribution in [0.1, 0.15) is 18.5 Å². The fourth-order valence-electron chi connectivity index (χ4n) is 1.46. The Morgan fingerprint density at radius 1 is 1.33 bits per heavy atom. The summed E-state index contributed by atoms with van der Waals surface area (Å²) in [6.07, 6.45) is 3.36. The third-order valence-corrected chi connectivity index (χ3v) is 2.37. The van der Waals surface area contributed by atoms with Crippen molar-refractivity contribution in [1.82, 2.24) is 9.78 Å². The number of halogens is 1. The molecule has 1 aromatic heterocycles. The van der Waals surface area contributed by atoms with Crippen molar-refractivity contribution in [2.45, 2.75) is 13.0 Å². The minimum atomic E-state index is -0.231. The molecule has 0 bridgehead atoms. The predicted molar refractivity (Wildman–Crippen MR) is 56.9 cm³/mol. The Morgan fingerprint density at radius 2 is 2.00 bits per heavy atom. The molecule has 0 fully saturated rings. The molecule has 4 heteroatoms. The van der Waals surface area contributed by atoms with Crippen LogP contribution >= 0.6 is 0 Å². The first-order chi connectivity index (χ1) is 7.16. The van der Waals surface area contributed by atoms with Crippen molar-refractivity contribution < 1.29 is 4.39 Å². The number of rotatable bonds is 2. The van der Waals surface area contributed by atoms with Crippen LogP contribution in [0.25, 0.3) is 0 Å². The molecule has 0 saturated carbocycles. The lowest BCUT2D eigenvalue weighted by atomic mass is 10.1. The number of benzene rings is 1. The van der Waals surface area contributed by atoms with Crippen LogP contribution in [-0.4, -0.2) is 9.78 Å². The normalized spacial score (nSPS) is 12.7. The summed E-state index contributed by atoms with van der Waals surface area (Å²) in [6.45, 7) is 1.99. The quantitative estimate of drug-likeness (QED) is 0.816. The van der Waals surface area contributed by atoms with Crippen molar-refractivity contribution in [3.8, 4) is 0 Å². The molecule has 1 unspecified atom stereocenters. The Kier molecular flexibility index (Phi) is 2.41. The van der Waals surface area contributed by atoms with E-state index in [-0.39, 0.29) is 11.9 Å². The van der Waals surface area contributed by atoms with Crippen LogP contribution in [0.4, 0.5) is 10.1 Å². The maximum absolute atomic E-state index is 12.7. The van der Waals surface area contributed by atoms with Gasteiger partial charge in [-0.1, -0.05) is 12.1 Å². The van der Waals surface area contributed by atoms with Crippen molar-refractivity contribution in [2.24, 2.45) is 0 Å².